The van der Waals surface area contributed by atoms with Crippen LogP contribution in [-0.2, 0) is 4.74 Å². The lowest BCUT2D eigenvalue weighted by Crippen LogP contribution is -2.31. The van der Waals surface area contributed by atoms with Gasteiger partial charge in [-0.2, -0.15) is 0 Å². The van der Waals surface area contributed by atoms with E-state index in [0.717, 1.165) is 19.7 Å². The summed E-state index contributed by atoms with van der Waals surface area (Å²) in [4.78, 5) is 0. The summed E-state index contributed by atoms with van der Waals surface area (Å²) < 4.78 is 5.47. The molecule has 0 aromatic heterocycles. The monoisotopic (exact) mass is 200 g/mol. The molecular weight excluding hydrogens is 176 g/mol. The fourth-order valence-electron chi connectivity index (χ4n) is 1.68. The van der Waals surface area contributed by atoms with Gasteiger partial charge in [0.2, 0.25) is 0 Å². The van der Waals surface area contributed by atoms with E-state index in [1.807, 2.05) is 0 Å². The molecule has 84 valence electrons. The maximum Gasteiger partial charge on any atom is 0.0518 e. The van der Waals surface area contributed by atoms with E-state index < -0.39 is 0 Å². The van der Waals surface area contributed by atoms with Crippen LogP contribution in [0.4, 0.5) is 0 Å². The predicted molar refractivity (Wildman–Crippen MR) is 59.6 cm³/mol. The van der Waals surface area contributed by atoms with Crippen LogP contribution in [0.1, 0.15) is 33.1 Å². The fourth-order valence-corrected chi connectivity index (χ4v) is 1.68. The summed E-state index contributed by atoms with van der Waals surface area (Å²) in [5.41, 5.74) is 0. The van der Waals surface area contributed by atoms with E-state index in [1.54, 1.807) is 0 Å². The molecule has 1 heterocycles. The van der Waals surface area contributed by atoms with Crippen molar-refractivity contribution in [1.82, 2.24) is 10.6 Å². The minimum absolute atomic E-state index is 0.377. The second-order valence-electron chi connectivity index (χ2n) is 4.27. The summed E-state index contributed by atoms with van der Waals surface area (Å²) in [6.07, 6.45) is 4.05. The van der Waals surface area contributed by atoms with Crippen LogP contribution in [0.3, 0.4) is 0 Å². The van der Waals surface area contributed by atoms with E-state index in [9.17, 15) is 0 Å². The highest BCUT2D eigenvalue weighted by molar-refractivity contribution is 4.76. The van der Waals surface area contributed by atoms with E-state index in [0.29, 0.717) is 12.1 Å². The minimum atomic E-state index is 0.377. The number of unbranched alkanes of at least 4 members (excludes halogenated alkanes) is 1. The van der Waals surface area contributed by atoms with Crippen molar-refractivity contribution in [2.24, 2.45) is 0 Å². The number of hydrogen-bond donors (Lipinski definition) is 2. The molecule has 1 aliphatic rings. The van der Waals surface area contributed by atoms with Gasteiger partial charge < -0.3 is 15.4 Å². The summed E-state index contributed by atoms with van der Waals surface area (Å²) in [7, 11) is 0. The van der Waals surface area contributed by atoms with E-state index in [2.05, 4.69) is 24.5 Å². The first-order valence-electron chi connectivity index (χ1n) is 5.84. The molecule has 0 bridgehead atoms. The van der Waals surface area contributed by atoms with E-state index in [1.165, 1.54) is 25.8 Å². The van der Waals surface area contributed by atoms with E-state index in [4.69, 9.17) is 4.74 Å². The second kappa shape index (κ2) is 7.21. The van der Waals surface area contributed by atoms with Crippen molar-refractivity contribution in [3.8, 4) is 0 Å². The van der Waals surface area contributed by atoms with Crippen LogP contribution in [0.15, 0.2) is 0 Å². The Kier molecular flexibility index (Phi) is 6.15. The van der Waals surface area contributed by atoms with Gasteiger partial charge >= 0.3 is 0 Å². The lowest BCUT2D eigenvalue weighted by molar-refractivity contribution is 0.0759. The molecule has 0 spiro atoms. The predicted octanol–water partition coefficient (Wildman–Crippen LogP) is 1.14. The summed E-state index contributed by atoms with van der Waals surface area (Å²) >= 11 is 0. The Balaban J connectivity index is 1.79. The average molecular weight is 200 g/mol. The van der Waals surface area contributed by atoms with Crippen molar-refractivity contribution >= 4 is 0 Å². The van der Waals surface area contributed by atoms with Crippen molar-refractivity contribution in [2.45, 2.75) is 45.3 Å². The second-order valence-corrected chi connectivity index (χ2v) is 4.27. The van der Waals surface area contributed by atoms with Gasteiger partial charge in [-0.25, -0.2) is 0 Å². The van der Waals surface area contributed by atoms with E-state index in [-0.39, 0.29) is 0 Å². The molecule has 0 aromatic rings. The van der Waals surface area contributed by atoms with Gasteiger partial charge in [-0.1, -0.05) is 0 Å². The molecule has 0 amide bonds. The Bertz CT molecular complexity index is 133. The molecule has 2 N–H and O–H groups in total. The molecule has 3 nitrogen and oxygen atoms in total. The van der Waals surface area contributed by atoms with Gasteiger partial charge in [0.1, 0.15) is 0 Å². The molecule has 0 radical (unpaired) electrons. The van der Waals surface area contributed by atoms with Crippen molar-refractivity contribution in [3.63, 3.8) is 0 Å². The topological polar surface area (TPSA) is 33.3 Å². The number of ether oxygens (including phenoxy) is 1. The Morgan fingerprint density at radius 2 is 2.29 bits per heavy atom. The van der Waals surface area contributed by atoms with Gasteiger partial charge in [0.15, 0.2) is 0 Å². The van der Waals surface area contributed by atoms with Crippen LogP contribution in [0, 0.1) is 0 Å². The van der Waals surface area contributed by atoms with Gasteiger partial charge in [0, 0.05) is 19.2 Å². The number of hydrogen-bond acceptors (Lipinski definition) is 3. The smallest absolute Gasteiger partial charge is 0.0518 e. The van der Waals surface area contributed by atoms with Gasteiger partial charge in [-0.05, 0) is 46.2 Å². The molecule has 0 saturated carbocycles. The van der Waals surface area contributed by atoms with Crippen LogP contribution in [0.2, 0.25) is 0 Å². The Morgan fingerprint density at radius 3 is 2.93 bits per heavy atom. The number of rotatable bonds is 7. The maximum atomic E-state index is 5.47. The van der Waals surface area contributed by atoms with Crippen LogP contribution in [0.25, 0.3) is 0 Å². The summed E-state index contributed by atoms with van der Waals surface area (Å²) in [5.74, 6) is 0. The molecule has 14 heavy (non-hydrogen) atoms. The minimum Gasteiger partial charge on any atom is -0.379 e. The quantitative estimate of drug-likeness (QED) is 0.605. The third-order valence-electron chi connectivity index (χ3n) is 2.52. The van der Waals surface area contributed by atoms with Crippen LogP contribution in [0.5, 0.6) is 0 Å². The Hall–Kier alpha value is -0.120. The largest absolute Gasteiger partial charge is 0.379 e. The van der Waals surface area contributed by atoms with Crippen LogP contribution >= 0.6 is 0 Å². The summed E-state index contributed by atoms with van der Waals surface area (Å²) in [6.45, 7) is 8.53. The van der Waals surface area contributed by atoms with Crippen molar-refractivity contribution in [3.05, 3.63) is 0 Å². The zero-order chi connectivity index (χ0) is 10.2. The maximum absolute atomic E-state index is 5.47. The zero-order valence-corrected chi connectivity index (χ0v) is 9.51. The Labute approximate surface area is 87.6 Å². The van der Waals surface area contributed by atoms with Crippen molar-refractivity contribution in [2.75, 3.05) is 26.2 Å². The molecule has 0 aliphatic carbocycles. The molecule has 0 aromatic carbocycles. The van der Waals surface area contributed by atoms with Crippen LogP contribution in [-0.4, -0.2) is 38.4 Å². The first kappa shape index (κ1) is 12.0. The molecular formula is C11H24N2O. The highest BCUT2D eigenvalue weighted by Gasteiger charge is 2.12. The normalized spacial score (nSPS) is 22.1. The van der Waals surface area contributed by atoms with Gasteiger partial charge in [0.25, 0.3) is 0 Å². The fraction of sp³-hybridized carbons (Fsp3) is 1.00. The van der Waals surface area contributed by atoms with Crippen molar-refractivity contribution in [1.29, 1.82) is 0 Å². The van der Waals surface area contributed by atoms with Gasteiger partial charge in [-0.15, -0.1) is 0 Å². The van der Waals surface area contributed by atoms with Crippen LogP contribution < -0.4 is 10.6 Å². The number of nitrogens with one attached hydrogen (secondary N) is 2. The first-order valence-corrected chi connectivity index (χ1v) is 5.84. The summed E-state index contributed by atoms with van der Waals surface area (Å²) in [6, 6.07) is 0.709. The average Bonchev–Trinajstić information content (AvgIpc) is 2.63. The highest BCUT2D eigenvalue weighted by atomic mass is 16.5. The SMILES string of the molecule is CC(C)OCCCCNC1CCNC1. The van der Waals surface area contributed by atoms with Gasteiger partial charge in [0.05, 0.1) is 6.10 Å². The molecule has 1 unspecified atom stereocenters. The third-order valence-corrected chi connectivity index (χ3v) is 2.52. The third kappa shape index (κ3) is 5.58. The summed E-state index contributed by atoms with van der Waals surface area (Å²) in [5, 5.41) is 6.90. The standard InChI is InChI=1S/C11H24N2O/c1-10(2)14-8-4-3-6-13-11-5-7-12-9-11/h10-13H,3-9H2,1-2H3. The highest BCUT2D eigenvalue weighted by Crippen LogP contribution is 1.98. The van der Waals surface area contributed by atoms with E-state index >= 15 is 0 Å². The first-order chi connectivity index (χ1) is 6.79. The molecule has 1 saturated heterocycles. The molecule has 1 fully saturated rings. The van der Waals surface area contributed by atoms with Gasteiger partial charge in [-0.3, -0.25) is 0 Å². The lowest BCUT2D eigenvalue weighted by atomic mass is 10.2. The molecule has 1 rings (SSSR count). The Morgan fingerprint density at radius 1 is 1.43 bits per heavy atom. The van der Waals surface area contributed by atoms with Crippen molar-refractivity contribution < 1.29 is 4.74 Å². The zero-order valence-electron chi connectivity index (χ0n) is 9.51. The lowest BCUT2D eigenvalue weighted by Gasteiger charge is -2.11. The molecule has 1 aliphatic heterocycles. The molecule has 3 heteroatoms. The molecule has 1 atom stereocenters.